The lowest BCUT2D eigenvalue weighted by Gasteiger charge is -2.07. The Morgan fingerprint density at radius 3 is 2.42 bits per heavy atom. The maximum Gasteiger partial charge on any atom is 0.251 e. The SMILES string of the molecule is Nc1cc(N)cc(C(=O)NCc2cccc(Cl)c2)c1. The second kappa shape index (κ2) is 5.63. The zero-order chi connectivity index (χ0) is 13.8. The number of carbonyl (C=O) groups excluding carboxylic acids is 1. The van der Waals surface area contributed by atoms with Crippen molar-refractivity contribution < 1.29 is 4.79 Å². The Kier molecular flexibility index (Phi) is 3.92. The maximum atomic E-state index is 12.0. The first kappa shape index (κ1) is 13.2. The van der Waals surface area contributed by atoms with Crippen LogP contribution in [0, 0.1) is 0 Å². The minimum Gasteiger partial charge on any atom is -0.399 e. The van der Waals surface area contributed by atoms with Crippen molar-refractivity contribution in [3.8, 4) is 0 Å². The molecule has 0 saturated heterocycles. The molecule has 98 valence electrons. The molecule has 0 radical (unpaired) electrons. The summed E-state index contributed by atoms with van der Waals surface area (Å²) >= 11 is 5.87. The third kappa shape index (κ3) is 3.63. The van der Waals surface area contributed by atoms with Crippen LogP contribution in [-0.4, -0.2) is 5.91 Å². The van der Waals surface area contributed by atoms with E-state index in [9.17, 15) is 4.79 Å². The van der Waals surface area contributed by atoms with E-state index in [0.29, 0.717) is 28.5 Å². The molecule has 5 heteroatoms. The van der Waals surface area contributed by atoms with Crippen molar-refractivity contribution in [1.82, 2.24) is 5.32 Å². The summed E-state index contributed by atoms with van der Waals surface area (Å²) in [5.41, 5.74) is 13.6. The van der Waals surface area contributed by atoms with Crippen molar-refractivity contribution in [2.75, 3.05) is 11.5 Å². The minimum atomic E-state index is -0.223. The summed E-state index contributed by atoms with van der Waals surface area (Å²) < 4.78 is 0. The van der Waals surface area contributed by atoms with Gasteiger partial charge < -0.3 is 16.8 Å². The molecule has 2 aromatic carbocycles. The molecule has 0 aromatic heterocycles. The quantitative estimate of drug-likeness (QED) is 0.753. The fraction of sp³-hybridized carbons (Fsp3) is 0.0714. The van der Waals surface area contributed by atoms with Crippen LogP contribution < -0.4 is 16.8 Å². The van der Waals surface area contributed by atoms with Gasteiger partial charge in [-0.2, -0.15) is 0 Å². The van der Waals surface area contributed by atoms with Gasteiger partial charge in [-0.1, -0.05) is 23.7 Å². The molecule has 0 aliphatic carbocycles. The molecule has 0 heterocycles. The lowest BCUT2D eigenvalue weighted by atomic mass is 10.1. The summed E-state index contributed by atoms with van der Waals surface area (Å²) in [7, 11) is 0. The van der Waals surface area contributed by atoms with E-state index in [2.05, 4.69) is 5.32 Å². The van der Waals surface area contributed by atoms with E-state index in [0.717, 1.165) is 5.56 Å². The van der Waals surface area contributed by atoms with E-state index in [4.69, 9.17) is 23.1 Å². The summed E-state index contributed by atoms with van der Waals surface area (Å²) in [4.78, 5) is 12.0. The van der Waals surface area contributed by atoms with Crippen LogP contribution in [0.5, 0.6) is 0 Å². The normalized spacial score (nSPS) is 10.2. The van der Waals surface area contributed by atoms with Gasteiger partial charge in [0.25, 0.3) is 5.91 Å². The molecule has 1 amide bonds. The number of amides is 1. The highest BCUT2D eigenvalue weighted by Crippen LogP contribution is 2.14. The number of nitrogens with one attached hydrogen (secondary N) is 1. The van der Waals surface area contributed by atoms with Crippen molar-refractivity contribution in [1.29, 1.82) is 0 Å². The number of nitrogen functional groups attached to an aromatic ring is 2. The molecule has 19 heavy (non-hydrogen) atoms. The van der Waals surface area contributed by atoms with Crippen molar-refractivity contribution in [3.63, 3.8) is 0 Å². The molecule has 0 saturated carbocycles. The zero-order valence-electron chi connectivity index (χ0n) is 10.2. The van der Waals surface area contributed by atoms with Crippen LogP contribution in [0.3, 0.4) is 0 Å². The van der Waals surface area contributed by atoms with Gasteiger partial charge in [0.15, 0.2) is 0 Å². The summed E-state index contributed by atoms with van der Waals surface area (Å²) in [6.07, 6.45) is 0. The molecule has 0 bridgehead atoms. The average molecular weight is 276 g/mol. The topological polar surface area (TPSA) is 81.1 Å². The van der Waals surface area contributed by atoms with Crippen molar-refractivity contribution in [3.05, 3.63) is 58.6 Å². The highest BCUT2D eigenvalue weighted by molar-refractivity contribution is 6.30. The van der Waals surface area contributed by atoms with E-state index in [1.807, 2.05) is 12.1 Å². The van der Waals surface area contributed by atoms with Crippen LogP contribution in [0.4, 0.5) is 11.4 Å². The first-order valence-corrected chi connectivity index (χ1v) is 6.11. The van der Waals surface area contributed by atoms with Gasteiger partial charge in [0.2, 0.25) is 0 Å². The minimum absolute atomic E-state index is 0.223. The Morgan fingerprint density at radius 2 is 1.79 bits per heavy atom. The zero-order valence-corrected chi connectivity index (χ0v) is 10.9. The number of rotatable bonds is 3. The third-order valence-electron chi connectivity index (χ3n) is 2.58. The molecular weight excluding hydrogens is 262 g/mol. The van der Waals surface area contributed by atoms with Gasteiger partial charge in [-0.15, -0.1) is 0 Å². The maximum absolute atomic E-state index is 12.0. The number of anilines is 2. The largest absolute Gasteiger partial charge is 0.399 e. The first-order chi connectivity index (χ1) is 9.04. The van der Waals surface area contributed by atoms with Crippen LogP contribution in [-0.2, 0) is 6.54 Å². The second-order valence-electron chi connectivity index (χ2n) is 4.20. The fourth-order valence-electron chi connectivity index (χ4n) is 1.74. The van der Waals surface area contributed by atoms with Crippen molar-refractivity contribution in [2.45, 2.75) is 6.54 Å². The van der Waals surface area contributed by atoms with E-state index in [1.54, 1.807) is 30.3 Å². The Bertz CT molecular complexity index is 593. The fourth-order valence-corrected chi connectivity index (χ4v) is 1.95. The Balaban J connectivity index is 2.05. The van der Waals surface area contributed by atoms with Crippen LogP contribution in [0.15, 0.2) is 42.5 Å². The number of hydrogen-bond acceptors (Lipinski definition) is 3. The number of nitrogens with two attached hydrogens (primary N) is 2. The van der Waals surface area contributed by atoms with Crippen LogP contribution >= 0.6 is 11.6 Å². The van der Waals surface area contributed by atoms with Gasteiger partial charge in [0.05, 0.1) is 0 Å². The van der Waals surface area contributed by atoms with Crippen molar-refractivity contribution in [2.24, 2.45) is 0 Å². The summed E-state index contributed by atoms with van der Waals surface area (Å²) in [6.45, 7) is 0.397. The van der Waals surface area contributed by atoms with Gasteiger partial charge in [-0.05, 0) is 35.9 Å². The standard InChI is InChI=1S/C14H14ClN3O/c15-11-3-1-2-9(4-11)8-18-14(19)10-5-12(16)7-13(17)6-10/h1-7H,8,16-17H2,(H,18,19). The van der Waals surface area contributed by atoms with Crippen LogP contribution in [0.1, 0.15) is 15.9 Å². The third-order valence-corrected chi connectivity index (χ3v) is 2.82. The predicted molar refractivity (Wildman–Crippen MR) is 77.9 cm³/mol. The molecule has 2 rings (SSSR count). The van der Waals surface area contributed by atoms with Crippen LogP contribution in [0.25, 0.3) is 0 Å². The average Bonchev–Trinajstić information content (AvgIpc) is 2.35. The van der Waals surface area contributed by atoms with E-state index in [1.165, 1.54) is 0 Å². The molecule has 0 atom stereocenters. The van der Waals surface area contributed by atoms with Crippen molar-refractivity contribution >= 4 is 28.9 Å². The van der Waals surface area contributed by atoms with E-state index >= 15 is 0 Å². The summed E-state index contributed by atoms with van der Waals surface area (Å²) in [6, 6.07) is 12.1. The monoisotopic (exact) mass is 275 g/mol. The highest BCUT2D eigenvalue weighted by Gasteiger charge is 2.07. The summed E-state index contributed by atoms with van der Waals surface area (Å²) in [5, 5.41) is 3.43. The molecular formula is C14H14ClN3O. The summed E-state index contributed by atoms with van der Waals surface area (Å²) in [5.74, 6) is -0.223. The van der Waals surface area contributed by atoms with Gasteiger partial charge >= 0.3 is 0 Å². The van der Waals surface area contributed by atoms with Gasteiger partial charge in [-0.25, -0.2) is 0 Å². The molecule has 4 nitrogen and oxygen atoms in total. The number of benzene rings is 2. The first-order valence-electron chi connectivity index (χ1n) is 5.73. The second-order valence-corrected chi connectivity index (χ2v) is 4.64. The van der Waals surface area contributed by atoms with Crippen LogP contribution in [0.2, 0.25) is 5.02 Å². The van der Waals surface area contributed by atoms with Gasteiger partial charge in [0, 0.05) is 28.5 Å². The number of carbonyl (C=O) groups is 1. The lowest BCUT2D eigenvalue weighted by Crippen LogP contribution is -2.23. The molecule has 0 spiro atoms. The molecule has 5 N–H and O–H groups in total. The molecule has 0 aliphatic rings. The molecule has 0 aliphatic heterocycles. The Hall–Kier alpha value is -2.20. The predicted octanol–water partition coefficient (Wildman–Crippen LogP) is 2.43. The Morgan fingerprint density at radius 1 is 1.11 bits per heavy atom. The van der Waals surface area contributed by atoms with E-state index in [-0.39, 0.29) is 5.91 Å². The number of hydrogen-bond donors (Lipinski definition) is 3. The number of halogens is 1. The smallest absolute Gasteiger partial charge is 0.251 e. The molecule has 0 unspecified atom stereocenters. The van der Waals surface area contributed by atoms with E-state index < -0.39 is 0 Å². The Labute approximate surface area is 116 Å². The molecule has 0 fully saturated rings. The van der Waals surface area contributed by atoms with Gasteiger partial charge in [-0.3, -0.25) is 4.79 Å². The molecule has 2 aromatic rings. The highest BCUT2D eigenvalue weighted by atomic mass is 35.5. The van der Waals surface area contributed by atoms with Gasteiger partial charge in [0.1, 0.15) is 0 Å². The lowest BCUT2D eigenvalue weighted by molar-refractivity contribution is 0.0951.